The molecule has 0 aromatic heterocycles. The highest BCUT2D eigenvalue weighted by atomic mass is 80.9. The van der Waals surface area contributed by atoms with E-state index in [0.717, 1.165) is 0 Å². The predicted molar refractivity (Wildman–Crippen MR) is 103 cm³/mol. The number of halogens is 2. The number of hydrogen-bond donors (Lipinski definition) is 0. The minimum atomic E-state index is -0.446. The molecule has 0 radical (unpaired) electrons. The summed E-state index contributed by atoms with van der Waals surface area (Å²) in [5.74, 6) is 0. The van der Waals surface area contributed by atoms with Crippen molar-refractivity contribution < 1.29 is 0 Å². The first-order chi connectivity index (χ1) is 10.4. The van der Waals surface area contributed by atoms with Crippen LogP contribution >= 0.6 is 36.2 Å². The second-order valence-electron chi connectivity index (χ2n) is 4.34. The average Bonchev–Trinajstić information content (AvgIpc) is 2.60. The highest BCUT2D eigenvalue weighted by Crippen LogP contribution is 2.32. The molecule has 0 nitrogen and oxygen atoms in total. The van der Waals surface area contributed by atoms with Gasteiger partial charge in [0.25, 0.3) is 0 Å². The maximum absolute atomic E-state index is 2.75. The quantitative estimate of drug-likeness (QED) is 0.514. The van der Waals surface area contributed by atoms with Crippen molar-refractivity contribution in [2.24, 2.45) is 0 Å². The van der Waals surface area contributed by atoms with Crippen molar-refractivity contribution >= 4 is 52.1 Å². The van der Waals surface area contributed by atoms with Gasteiger partial charge in [-0.1, -0.05) is 91.0 Å². The summed E-state index contributed by atoms with van der Waals surface area (Å²) in [6, 6.07) is 32.3. The summed E-state index contributed by atoms with van der Waals surface area (Å²) in [6.45, 7) is 0. The Bertz CT molecular complexity index is 533. The number of rotatable bonds is 3. The maximum atomic E-state index is 2.75. The van der Waals surface area contributed by atoms with Crippen molar-refractivity contribution in [3.8, 4) is 0 Å². The van der Waals surface area contributed by atoms with Crippen LogP contribution < -0.4 is 15.9 Å². The predicted octanol–water partition coefficient (Wildman–Crippen LogP) is 5.14. The molecule has 3 rings (SSSR count). The van der Waals surface area contributed by atoms with Gasteiger partial charge in [0.2, 0.25) is 0 Å². The highest BCUT2D eigenvalue weighted by molar-refractivity contribution is 9.93. The van der Waals surface area contributed by atoms with Gasteiger partial charge >= 0.3 is 0 Å². The van der Waals surface area contributed by atoms with E-state index < -0.39 is 7.92 Å². The van der Waals surface area contributed by atoms with Crippen LogP contribution in [0.2, 0.25) is 0 Å². The molecule has 0 fully saturated rings. The van der Waals surface area contributed by atoms with E-state index in [0.29, 0.717) is 0 Å². The van der Waals surface area contributed by atoms with Crippen molar-refractivity contribution in [3.63, 3.8) is 0 Å². The standard InChI is InChI=1S/C18H15P.Br2/c1-4-10-16(11-5-1)19(17-12-6-2-7-13-17)18-14-8-3-9-15-18;1-2/h1-15H;. The molecule has 0 spiro atoms. The molecule has 3 aromatic carbocycles. The molecule has 21 heavy (non-hydrogen) atoms. The molecule has 0 unspecified atom stereocenters. The zero-order chi connectivity index (χ0) is 14.9. The van der Waals surface area contributed by atoms with E-state index in [1.54, 1.807) is 0 Å². The van der Waals surface area contributed by atoms with Gasteiger partial charge in [-0.15, -0.1) is 0 Å². The minimum absolute atomic E-state index is 0.446. The van der Waals surface area contributed by atoms with Crippen LogP contribution in [0, 0.1) is 0 Å². The molecule has 3 heteroatoms. The van der Waals surface area contributed by atoms with Crippen molar-refractivity contribution in [2.45, 2.75) is 0 Å². The fourth-order valence-corrected chi connectivity index (χ4v) is 4.48. The maximum Gasteiger partial charge on any atom is 0 e. The summed E-state index contributed by atoms with van der Waals surface area (Å²) >= 11 is 5.50. The Kier molecular flexibility index (Phi) is 7.15. The molecule has 0 aliphatic carbocycles. The smallest absolute Gasteiger partial charge is 0 e. The minimum Gasteiger partial charge on any atom is -0.0622 e. The van der Waals surface area contributed by atoms with Crippen LogP contribution in [0.1, 0.15) is 0 Å². The van der Waals surface area contributed by atoms with Crippen molar-refractivity contribution in [2.75, 3.05) is 0 Å². The molecular weight excluding hydrogens is 407 g/mol. The summed E-state index contributed by atoms with van der Waals surface area (Å²) in [6.07, 6.45) is 0. The van der Waals surface area contributed by atoms with E-state index >= 15 is 0 Å². The van der Waals surface area contributed by atoms with Gasteiger partial charge in [0.1, 0.15) is 0 Å². The molecule has 0 bridgehead atoms. The molecule has 0 amide bonds. The summed E-state index contributed by atoms with van der Waals surface area (Å²) < 4.78 is 0. The Hall–Kier alpha value is -0.950. The van der Waals surface area contributed by atoms with Gasteiger partial charge in [0.05, 0.1) is 0 Å². The highest BCUT2D eigenvalue weighted by Gasteiger charge is 2.14. The van der Waals surface area contributed by atoms with E-state index in [-0.39, 0.29) is 0 Å². The molecule has 0 saturated heterocycles. The van der Waals surface area contributed by atoms with Crippen molar-refractivity contribution in [3.05, 3.63) is 91.0 Å². The topological polar surface area (TPSA) is 0 Å². The van der Waals surface area contributed by atoms with Crippen LogP contribution in [-0.4, -0.2) is 0 Å². The van der Waals surface area contributed by atoms with Crippen LogP contribution in [0.15, 0.2) is 91.0 Å². The van der Waals surface area contributed by atoms with Crippen LogP contribution in [-0.2, 0) is 0 Å². The van der Waals surface area contributed by atoms with E-state index in [1.165, 1.54) is 15.9 Å². The summed E-state index contributed by atoms with van der Waals surface area (Å²) in [7, 11) is -0.446. The third-order valence-corrected chi connectivity index (χ3v) is 5.49. The summed E-state index contributed by atoms with van der Waals surface area (Å²) in [4.78, 5) is 0. The van der Waals surface area contributed by atoms with E-state index in [2.05, 4.69) is 119 Å². The van der Waals surface area contributed by atoms with Gasteiger partial charge in [-0.3, -0.25) is 0 Å². The zero-order valence-corrected chi connectivity index (χ0v) is 15.4. The Balaban J connectivity index is 0.000000774. The molecule has 3 aromatic rings. The lowest BCUT2D eigenvalue weighted by molar-refractivity contribution is 1.74. The molecular formula is C18H15Br2P. The second kappa shape index (κ2) is 9.15. The first-order valence-corrected chi connectivity index (χ1v) is 11.6. The molecule has 0 aliphatic rings. The third-order valence-electron chi connectivity index (χ3n) is 3.04. The molecule has 0 aliphatic heterocycles. The Morgan fingerprint density at radius 3 is 0.905 bits per heavy atom. The summed E-state index contributed by atoms with van der Waals surface area (Å²) in [5, 5.41) is 4.19. The van der Waals surface area contributed by atoms with Gasteiger partial charge in [-0.2, -0.15) is 0 Å². The number of benzene rings is 3. The average molecular weight is 422 g/mol. The van der Waals surface area contributed by atoms with Gasteiger partial charge in [0, 0.05) is 28.3 Å². The fourth-order valence-electron chi connectivity index (χ4n) is 2.18. The monoisotopic (exact) mass is 420 g/mol. The first-order valence-electron chi connectivity index (χ1n) is 6.55. The molecule has 106 valence electrons. The van der Waals surface area contributed by atoms with E-state index in [1.807, 2.05) is 0 Å². The van der Waals surface area contributed by atoms with Gasteiger partial charge in [0.15, 0.2) is 0 Å². The molecule has 0 heterocycles. The Labute approximate surface area is 142 Å². The van der Waals surface area contributed by atoms with Crippen LogP contribution in [0.5, 0.6) is 0 Å². The normalized spacial score (nSPS) is 9.86. The van der Waals surface area contributed by atoms with Crippen molar-refractivity contribution in [1.82, 2.24) is 0 Å². The largest absolute Gasteiger partial charge is 0.0622 e. The second-order valence-corrected chi connectivity index (χ2v) is 6.56. The lowest BCUT2D eigenvalue weighted by Gasteiger charge is -2.18. The Morgan fingerprint density at radius 1 is 0.429 bits per heavy atom. The molecule has 0 atom stereocenters. The number of hydrogen-bond acceptors (Lipinski definition) is 0. The zero-order valence-electron chi connectivity index (χ0n) is 11.4. The lowest BCUT2D eigenvalue weighted by atomic mass is 10.4. The molecule has 0 N–H and O–H groups in total. The molecule has 0 saturated carbocycles. The van der Waals surface area contributed by atoms with Gasteiger partial charge < -0.3 is 0 Å². The third kappa shape index (κ3) is 4.51. The van der Waals surface area contributed by atoms with Gasteiger partial charge in [-0.05, 0) is 23.8 Å². The van der Waals surface area contributed by atoms with E-state index in [9.17, 15) is 0 Å². The summed E-state index contributed by atoms with van der Waals surface area (Å²) in [5.41, 5.74) is 0. The van der Waals surface area contributed by atoms with Crippen LogP contribution in [0.3, 0.4) is 0 Å². The van der Waals surface area contributed by atoms with Crippen LogP contribution in [0.4, 0.5) is 0 Å². The fraction of sp³-hybridized carbons (Fsp3) is 0. The van der Waals surface area contributed by atoms with Crippen LogP contribution in [0.25, 0.3) is 0 Å². The SMILES string of the molecule is BrBr.c1ccc(P(c2ccccc2)c2ccccc2)cc1. The van der Waals surface area contributed by atoms with E-state index in [4.69, 9.17) is 0 Å². The van der Waals surface area contributed by atoms with Gasteiger partial charge in [-0.25, -0.2) is 0 Å². The first kappa shape index (κ1) is 16.4. The lowest BCUT2D eigenvalue weighted by Crippen LogP contribution is -2.20. The Morgan fingerprint density at radius 2 is 0.667 bits per heavy atom. The van der Waals surface area contributed by atoms with Crippen molar-refractivity contribution in [1.29, 1.82) is 0 Å².